The lowest BCUT2D eigenvalue weighted by atomic mass is 10.1. The molecule has 1 saturated heterocycles. The van der Waals surface area contributed by atoms with Gasteiger partial charge in [0, 0.05) is 42.3 Å². The van der Waals surface area contributed by atoms with E-state index in [0.717, 1.165) is 12.8 Å². The van der Waals surface area contributed by atoms with Gasteiger partial charge in [0.15, 0.2) is 5.75 Å². The van der Waals surface area contributed by atoms with Crippen LogP contribution in [0.5, 0.6) is 11.6 Å². The fourth-order valence-electron chi connectivity index (χ4n) is 5.10. The number of piperidine rings is 1. The SMILES string of the molecule is CCCS(=O)(=O)Nc1cccc2c(Oc3ncccc3-c3ccnc(N[C@H]4CCCN(C(=O)OC(C)(C)C)C4)n3)c(Cl)ccc12. The van der Waals surface area contributed by atoms with Crippen LogP contribution in [0.15, 0.2) is 60.9 Å². The Labute approximate surface area is 268 Å². The zero-order valence-corrected chi connectivity index (χ0v) is 27.3. The molecule has 3 heterocycles. The van der Waals surface area contributed by atoms with Gasteiger partial charge in [-0.2, -0.15) is 0 Å². The summed E-state index contributed by atoms with van der Waals surface area (Å²) in [5, 5.41) is 4.96. The number of nitrogens with zero attached hydrogens (tertiary/aromatic N) is 4. The molecule has 0 radical (unpaired) electrons. The normalized spacial score (nSPS) is 15.5. The lowest BCUT2D eigenvalue weighted by molar-refractivity contribution is 0.0206. The predicted molar refractivity (Wildman–Crippen MR) is 176 cm³/mol. The number of fused-ring (bicyclic) bond motifs is 1. The van der Waals surface area contributed by atoms with Gasteiger partial charge >= 0.3 is 6.09 Å². The molecule has 1 aliphatic heterocycles. The Hall–Kier alpha value is -4.16. The smallest absolute Gasteiger partial charge is 0.410 e. The monoisotopic (exact) mass is 652 g/mol. The second kappa shape index (κ2) is 13.5. The molecule has 2 aromatic heterocycles. The molecule has 0 spiro atoms. The zero-order valence-electron chi connectivity index (χ0n) is 25.7. The van der Waals surface area contributed by atoms with Gasteiger partial charge in [0.25, 0.3) is 0 Å². The number of hydrogen-bond acceptors (Lipinski definition) is 9. The van der Waals surface area contributed by atoms with Gasteiger partial charge in [-0.05, 0) is 70.4 Å². The number of pyridine rings is 1. The first-order valence-corrected chi connectivity index (χ1v) is 16.9. The number of carbonyl (C=O) groups excluding carboxylic acids is 1. The van der Waals surface area contributed by atoms with Gasteiger partial charge in [0.05, 0.1) is 27.7 Å². The van der Waals surface area contributed by atoms with Gasteiger partial charge in [-0.1, -0.05) is 36.7 Å². The largest absolute Gasteiger partial charge is 0.444 e. The number of aromatic nitrogens is 3. The average molecular weight is 653 g/mol. The number of benzene rings is 2. The van der Waals surface area contributed by atoms with E-state index in [4.69, 9.17) is 26.1 Å². The molecule has 5 rings (SSSR count). The Balaban J connectivity index is 1.39. The van der Waals surface area contributed by atoms with Crippen LogP contribution in [0.3, 0.4) is 0 Å². The number of carbonyl (C=O) groups is 1. The van der Waals surface area contributed by atoms with Crippen LogP contribution < -0.4 is 14.8 Å². The van der Waals surface area contributed by atoms with E-state index in [-0.39, 0.29) is 23.8 Å². The third kappa shape index (κ3) is 8.12. The van der Waals surface area contributed by atoms with Crippen LogP contribution >= 0.6 is 11.6 Å². The number of ether oxygens (including phenoxy) is 2. The van der Waals surface area contributed by atoms with Crippen molar-refractivity contribution in [2.45, 2.75) is 58.6 Å². The first-order valence-electron chi connectivity index (χ1n) is 14.8. The second-order valence-electron chi connectivity index (χ2n) is 11.8. The van der Waals surface area contributed by atoms with Gasteiger partial charge in [0.2, 0.25) is 21.9 Å². The summed E-state index contributed by atoms with van der Waals surface area (Å²) in [5.74, 6) is 1.02. The number of rotatable bonds is 9. The van der Waals surface area contributed by atoms with Crippen molar-refractivity contribution in [2.75, 3.05) is 28.9 Å². The molecule has 4 aromatic rings. The Morgan fingerprint density at radius 2 is 1.89 bits per heavy atom. The molecular formula is C32H37ClN6O5S. The standard InChI is InChI=1S/C32H37ClN6O5S/c1-5-19-45(41,42)38-27-12-6-10-23-22(27)13-14-25(33)28(23)43-29-24(11-7-16-34-29)26-15-17-35-30(37-26)36-21-9-8-18-39(20-21)31(40)44-32(2,3)4/h6-7,10-17,21,38H,5,8-9,18-20H2,1-4H3,(H,35,36,37)/t21-/m0/s1. The number of halogens is 1. The molecule has 1 aliphatic rings. The van der Waals surface area contributed by atoms with Crippen molar-refractivity contribution in [2.24, 2.45) is 0 Å². The summed E-state index contributed by atoms with van der Waals surface area (Å²) in [6.45, 7) is 8.47. The van der Waals surface area contributed by atoms with Crippen molar-refractivity contribution >= 4 is 50.1 Å². The molecule has 13 heteroatoms. The topological polar surface area (TPSA) is 136 Å². The maximum absolute atomic E-state index is 12.6. The molecule has 1 amide bonds. The van der Waals surface area contributed by atoms with E-state index in [1.165, 1.54) is 0 Å². The predicted octanol–water partition coefficient (Wildman–Crippen LogP) is 7.10. The summed E-state index contributed by atoms with van der Waals surface area (Å²) in [6, 6.07) is 14.0. The maximum Gasteiger partial charge on any atom is 0.410 e. The van der Waals surface area contributed by atoms with Crippen molar-refractivity contribution in [1.82, 2.24) is 19.9 Å². The second-order valence-corrected chi connectivity index (χ2v) is 14.1. The van der Waals surface area contributed by atoms with Crippen LogP contribution in [0, 0.1) is 0 Å². The van der Waals surface area contributed by atoms with Crippen LogP contribution in [0.2, 0.25) is 5.02 Å². The maximum atomic E-state index is 12.6. The van der Waals surface area contributed by atoms with E-state index in [2.05, 4.69) is 20.0 Å². The molecule has 0 unspecified atom stereocenters. The van der Waals surface area contributed by atoms with E-state index >= 15 is 0 Å². The molecule has 45 heavy (non-hydrogen) atoms. The number of likely N-dealkylation sites (tertiary alicyclic amines) is 1. The number of nitrogens with one attached hydrogen (secondary N) is 2. The highest BCUT2D eigenvalue weighted by atomic mass is 35.5. The van der Waals surface area contributed by atoms with E-state index in [1.54, 1.807) is 53.7 Å². The summed E-state index contributed by atoms with van der Waals surface area (Å²) >= 11 is 6.63. The van der Waals surface area contributed by atoms with Crippen LogP contribution in [0.4, 0.5) is 16.4 Å². The van der Waals surface area contributed by atoms with Gasteiger partial charge in [0.1, 0.15) is 5.60 Å². The van der Waals surface area contributed by atoms with Gasteiger partial charge in [-0.3, -0.25) is 4.72 Å². The molecule has 0 bridgehead atoms. The number of amides is 1. The highest BCUT2D eigenvalue weighted by Gasteiger charge is 2.28. The fourth-order valence-corrected chi connectivity index (χ4v) is 6.45. The zero-order chi connectivity index (χ0) is 32.2. The van der Waals surface area contributed by atoms with Crippen molar-refractivity contribution < 1.29 is 22.7 Å². The van der Waals surface area contributed by atoms with Gasteiger partial charge < -0.3 is 19.7 Å². The van der Waals surface area contributed by atoms with Crippen molar-refractivity contribution in [1.29, 1.82) is 0 Å². The summed E-state index contributed by atoms with van der Waals surface area (Å²) in [7, 11) is -3.51. The lowest BCUT2D eigenvalue weighted by Crippen LogP contribution is -2.47. The van der Waals surface area contributed by atoms with Gasteiger partial charge in [-0.25, -0.2) is 28.2 Å². The first kappa shape index (κ1) is 32.2. The highest BCUT2D eigenvalue weighted by molar-refractivity contribution is 7.92. The van der Waals surface area contributed by atoms with E-state index in [9.17, 15) is 13.2 Å². The minimum atomic E-state index is -3.51. The Kier molecular flexibility index (Phi) is 9.64. The number of hydrogen-bond donors (Lipinski definition) is 2. The minimum Gasteiger partial charge on any atom is -0.444 e. The van der Waals surface area contributed by atoms with E-state index in [1.807, 2.05) is 39.8 Å². The molecule has 238 valence electrons. The summed E-state index contributed by atoms with van der Waals surface area (Å²) in [6.07, 6.45) is 5.09. The molecule has 0 saturated carbocycles. The third-order valence-corrected chi connectivity index (χ3v) is 8.78. The third-order valence-electron chi connectivity index (χ3n) is 7.01. The van der Waals surface area contributed by atoms with Crippen LogP contribution in [0.1, 0.15) is 47.0 Å². The number of anilines is 2. The highest BCUT2D eigenvalue weighted by Crippen LogP contribution is 2.41. The van der Waals surface area contributed by atoms with Crippen molar-refractivity contribution in [3.8, 4) is 22.9 Å². The number of sulfonamides is 1. The van der Waals surface area contributed by atoms with Crippen molar-refractivity contribution in [3.63, 3.8) is 0 Å². The Morgan fingerprint density at radius 3 is 2.67 bits per heavy atom. The lowest BCUT2D eigenvalue weighted by Gasteiger charge is -2.34. The summed E-state index contributed by atoms with van der Waals surface area (Å²) in [5.41, 5.74) is 1.04. The van der Waals surface area contributed by atoms with E-state index < -0.39 is 15.6 Å². The summed E-state index contributed by atoms with van der Waals surface area (Å²) in [4.78, 5) is 28.0. The summed E-state index contributed by atoms with van der Waals surface area (Å²) < 4.78 is 39.6. The molecule has 1 fully saturated rings. The molecular weight excluding hydrogens is 616 g/mol. The van der Waals surface area contributed by atoms with Gasteiger partial charge in [-0.15, -0.1) is 0 Å². The molecule has 0 aliphatic carbocycles. The molecule has 1 atom stereocenters. The first-order chi connectivity index (χ1) is 21.4. The average Bonchev–Trinajstić information content (AvgIpc) is 2.98. The Morgan fingerprint density at radius 1 is 1.07 bits per heavy atom. The van der Waals surface area contributed by atoms with Crippen LogP contribution in [-0.2, 0) is 14.8 Å². The molecule has 11 nitrogen and oxygen atoms in total. The fraction of sp³-hybridized carbons (Fsp3) is 0.375. The quantitative estimate of drug-likeness (QED) is 0.194. The molecule has 2 aromatic carbocycles. The molecule has 2 N–H and O–H groups in total. The van der Waals surface area contributed by atoms with Crippen LogP contribution in [0.25, 0.3) is 22.0 Å². The van der Waals surface area contributed by atoms with Crippen molar-refractivity contribution in [3.05, 3.63) is 65.9 Å². The van der Waals surface area contributed by atoms with E-state index in [0.29, 0.717) is 63.9 Å². The minimum absolute atomic E-state index is 0.0101. The Bertz CT molecular complexity index is 1800. The van der Waals surface area contributed by atoms with Crippen LogP contribution in [-0.4, -0.2) is 64.8 Å².